The highest BCUT2D eigenvalue weighted by Crippen LogP contribution is 2.09. The second-order valence-electron chi connectivity index (χ2n) is 3.61. The average Bonchev–Trinajstić information content (AvgIpc) is 2.04. The molecule has 0 aliphatic rings. The van der Waals surface area contributed by atoms with Gasteiger partial charge in [-0.2, -0.15) is 0 Å². The van der Waals surface area contributed by atoms with Crippen molar-refractivity contribution in [1.82, 2.24) is 0 Å². The molecule has 0 fully saturated rings. The van der Waals surface area contributed by atoms with E-state index in [-0.39, 0.29) is 16.4 Å². The van der Waals surface area contributed by atoms with E-state index in [1.165, 1.54) is 0 Å². The molecule has 0 rings (SSSR count). The van der Waals surface area contributed by atoms with Crippen molar-refractivity contribution in [2.75, 3.05) is 19.5 Å². The molecule has 0 aromatic rings. The maximum Gasteiger partial charge on any atom is 0.152 e. The van der Waals surface area contributed by atoms with Crippen LogP contribution in [0.2, 0.25) is 0 Å². The number of hydrogen-bond acceptors (Lipinski definition) is 3. The van der Waals surface area contributed by atoms with E-state index in [4.69, 9.17) is 16.3 Å². The smallest absolute Gasteiger partial charge is 0.152 e. The summed E-state index contributed by atoms with van der Waals surface area (Å²) < 4.78 is 27.6. The lowest BCUT2D eigenvalue weighted by atomic mass is 10.2. The van der Waals surface area contributed by atoms with Crippen molar-refractivity contribution in [3.8, 4) is 0 Å². The van der Waals surface area contributed by atoms with E-state index in [0.717, 1.165) is 0 Å². The molecule has 86 valence electrons. The van der Waals surface area contributed by atoms with Crippen LogP contribution >= 0.6 is 11.6 Å². The van der Waals surface area contributed by atoms with Crippen LogP contribution in [0.15, 0.2) is 0 Å². The van der Waals surface area contributed by atoms with Crippen molar-refractivity contribution < 1.29 is 13.2 Å². The van der Waals surface area contributed by atoms with Gasteiger partial charge in [0.25, 0.3) is 0 Å². The molecule has 0 spiro atoms. The Bertz CT molecular complexity index is 236. The van der Waals surface area contributed by atoms with Gasteiger partial charge < -0.3 is 4.74 Å². The van der Waals surface area contributed by atoms with Crippen LogP contribution in [0, 0.1) is 0 Å². The summed E-state index contributed by atoms with van der Waals surface area (Å²) in [6, 6.07) is 0. The van der Waals surface area contributed by atoms with Gasteiger partial charge in [-0.3, -0.25) is 0 Å². The van der Waals surface area contributed by atoms with Gasteiger partial charge in [0, 0.05) is 7.11 Å². The van der Waals surface area contributed by atoms with E-state index in [9.17, 15) is 8.42 Å². The van der Waals surface area contributed by atoms with Gasteiger partial charge >= 0.3 is 0 Å². The molecule has 3 nitrogen and oxygen atoms in total. The first kappa shape index (κ1) is 14.2. The van der Waals surface area contributed by atoms with Crippen molar-refractivity contribution >= 4 is 21.4 Å². The molecular formula is C9H19ClO3S. The fourth-order valence-corrected chi connectivity index (χ4v) is 2.33. The molecule has 0 aliphatic heterocycles. The van der Waals surface area contributed by atoms with Crippen LogP contribution in [0.25, 0.3) is 0 Å². The van der Waals surface area contributed by atoms with Crippen LogP contribution in [-0.4, -0.2) is 38.5 Å². The van der Waals surface area contributed by atoms with Gasteiger partial charge in [-0.25, -0.2) is 8.42 Å². The van der Waals surface area contributed by atoms with Crippen LogP contribution < -0.4 is 0 Å². The summed E-state index contributed by atoms with van der Waals surface area (Å²) in [7, 11) is -1.32. The highest BCUT2D eigenvalue weighted by atomic mass is 35.5. The lowest BCUT2D eigenvalue weighted by molar-refractivity contribution is 0.195. The van der Waals surface area contributed by atoms with Gasteiger partial charge in [-0.15, -0.1) is 11.6 Å². The lowest BCUT2D eigenvalue weighted by Crippen LogP contribution is -2.19. The number of sulfone groups is 1. The second-order valence-corrected chi connectivity index (χ2v) is 6.90. The molecule has 14 heavy (non-hydrogen) atoms. The second kappa shape index (κ2) is 6.64. The minimum atomic E-state index is -2.91. The first-order valence-electron chi connectivity index (χ1n) is 4.74. The number of hydrogen-bond donors (Lipinski definition) is 0. The number of halogens is 1. The Morgan fingerprint density at radius 2 is 1.93 bits per heavy atom. The van der Waals surface area contributed by atoms with Crippen molar-refractivity contribution in [3.05, 3.63) is 0 Å². The number of ether oxygens (including phenoxy) is 1. The average molecular weight is 243 g/mol. The third-order valence-corrected chi connectivity index (χ3v) is 4.65. The van der Waals surface area contributed by atoms with E-state index in [2.05, 4.69) is 0 Å². The van der Waals surface area contributed by atoms with Crippen molar-refractivity contribution in [3.63, 3.8) is 0 Å². The molecule has 1 unspecified atom stereocenters. The van der Waals surface area contributed by atoms with Crippen LogP contribution in [0.1, 0.15) is 26.7 Å². The van der Waals surface area contributed by atoms with Crippen molar-refractivity contribution in [2.45, 2.75) is 37.3 Å². The Hall–Kier alpha value is 0.200. The molecule has 0 amide bonds. The Labute approximate surface area is 91.7 Å². The maximum absolute atomic E-state index is 11.4. The van der Waals surface area contributed by atoms with E-state index in [1.807, 2.05) is 0 Å². The predicted octanol–water partition coefficient (Wildman–Crippen LogP) is 1.84. The molecule has 0 aromatic heterocycles. The molecule has 5 heteroatoms. The largest absolute Gasteiger partial charge is 0.383 e. The minimum absolute atomic E-state index is 0.0811. The molecule has 0 saturated heterocycles. The Morgan fingerprint density at radius 3 is 2.36 bits per heavy atom. The first-order valence-corrected chi connectivity index (χ1v) is 6.90. The topological polar surface area (TPSA) is 43.4 Å². The van der Waals surface area contributed by atoms with Crippen molar-refractivity contribution in [1.29, 1.82) is 0 Å². The third-order valence-electron chi connectivity index (χ3n) is 2.01. The monoisotopic (exact) mass is 242 g/mol. The summed E-state index contributed by atoms with van der Waals surface area (Å²) in [5.74, 6) is 0.220. The molecule has 0 bridgehead atoms. The zero-order valence-corrected chi connectivity index (χ0v) is 10.6. The van der Waals surface area contributed by atoms with Crippen LogP contribution in [0.4, 0.5) is 0 Å². The third kappa shape index (κ3) is 5.83. The molecule has 0 aliphatic carbocycles. The highest BCUT2D eigenvalue weighted by molar-refractivity contribution is 7.91. The van der Waals surface area contributed by atoms with E-state index < -0.39 is 9.84 Å². The van der Waals surface area contributed by atoms with Crippen LogP contribution in [-0.2, 0) is 14.6 Å². The molecule has 1 atom stereocenters. The Balaban J connectivity index is 3.74. The number of methoxy groups -OCH3 is 1. The molecule has 0 radical (unpaired) electrons. The first-order chi connectivity index (χ1) is 6.40. The molecule has 0 aromatic carbocycles. The van der Waals surface area contributed by atoms with E-state index in [1.54, 1.807) is 21.0 Å². The summed E-state index contributed by atoms with van der Waals surface area (Å²) in [6.45, 7) is 3.87. The van der Waals surface area contributed by atoms with Crippen LogP contribution in [0.5, 0.6) is 0 Å². The van der Waals surface area contributed by atoms with E-state index in [0.29, 0.717) is 19.4 Å². The standard InChI is InChI=1S/C9H19ClO3S/c1-8(2)14(11,12)6-4-5-9(10)7-13-3/h8-9H,4-7H2,1-3H3. The molecular weight excluding hydrogens is 224 g/mol. The quantitative estimate of drug-likeness (QED) is 0.640. The van der Waals surface area contributed by atoms with Gasteiger partial charge in [-0.05, 0) is 26.7 Å². The SMILES string of the molecule is COCC(Cl)CCCS(=O)(=O)C(C)C. The summed E-state index contributed by atoms with van der Waals surface area (Å²) in [5.41, 5.74) is 0. The lowest BCUT2D eigenvalue weighted by Gasteiger charge is -2.09. The Morgan fingerprint density at radius 1 is 1.36 bits per heavy atom. The Kier molecular flexibility index (Phi) is 6.74. The van der Waals surface area contributed by atoms with Gasteiger partial charge in [0.05, 0.1) is 23.0 Å². The van der Waals surface area contributed by atoms with Gasteiger partial charge in [0.1, 0.15) is 0 Å². The summed E-state index contributed by atoms with van der Waals surface area (Å²) in [4.78, 5) is 0. The van der Waals surface area contributed by atoms with Gasteiger partial charge in [0.2, 0.25) is 0 Å². The number of rotatable bonds is 7. The predicted molar refractivity (Wildman–Crippen MR) is 59.7 cm³/mol. The normalized spacial score (nSPS) is 14.6. The molecule has 0 saturated carbocycles. The summed E-state index contributed by atoms with van der Waals surface area (Å²) in [5, 5.41) is -0.374. The zero-order chi connectivity index (χ0) is 11.2. The van der Waals surface area contributed by atoms with Gasteiger partial charge in [0.15, 0.2) is 9.84 Å². The van der Waals surface area contributed by atoms with Crippen molar-refractivity contribution in [2.24, 2.45) is 0 Å². The fourth-order valence-electron chi connectivity index (χ4n) is 1.01. The van der Waals surface area contributed by atoms with Crippen LogP contribution in [0.3, 0.4) is 0 Å². The fraction of sp³-hybridized carbons (Fsp3) is 1.00. The maximum atomic E-state index is 11.4. The minimum Gasteiger partial charge on any atom is -0.383 e. The van der Waals surface area contributed by atoms with Gasteiger partial charge in [-0.1, -0.05) is 0 Å². The van der Waals surface area contributed by atoms with E-state index >= 15 is 0 Å². The summed E-state index contributed by atoms with van der Waals surface area (Å²) in [6.07, 6.45) is 1.29. The molecule has 0 N–H and O–H groups in total. The highest BCUT2D eigenvalue weighted by Gasteiger charge is 2.16. The summed E-state index contributed by atoms with van der Waals surface area (Å²) >= 11 is 5.87. The number of alkyl halides is 1. The molecule has 0 heterocycles. The zero-order valence-electron chi connectivity index (χ0n) is 8.99.